The number of carbonyl (C=O) groups excluding carboxylic acids is 1. The number of rotatable bonds is 5. The molecule has 6 heteroatoms. The smallest absolute Gasteiger partial charge is 0.268 e. The molecule has 0 bridgehead atoms. The first-order chi connectivity index (χ1) is 13.5. The van der Waals surface area contributed by atoms with Gasteiger partial charge in [0.25, 0.3) is 5.91 Å². The first kappa shape index (κ1) is 20.0. The van der Waals surface area contributed by atoms with Gasteiger partial charge < -0.3 is 0 Å². The second kappa shape index (κ2) is 8.96. The van der Waals surface area contributed by atoms with Crippen LogP contribution in [-0.2, 0) is 4.79 Å². The van der Waals surface area contributed by atoms with E-state index in [9.17, 15) is 10.1 Å². The largest absolute Gasteiger partial charge is 0.297 e. The third kappa shape index (κ3) is 4.94. The molecule has 3 aromatic rings. The summed E-state index contributed by atoms with van der Waals surface area (Å²) in [5, 5.41) is 14.4. The Bertz CT molecular complexity index is 1040. The molecule has 1 amide bonds. The standard InChI is InChI=1S/C22H18BrN3OS/c1-14(2)16-5-3-15(4-6-16)11-18(12-24)21(27)26-22-25-20(13-28-22)17-7-9-19(23)10-8-17/h3-11,13-14H,1-2H3,(H,25,26,27). The van der Waals surface area contributed by atoms with E-state index in [4.69, 9.17) is 0 Å². The highest BCUT2D eigenvalue weighted by atomic mass is 79.9. The summed E-state index contributed by atoms with van der Waals surface area (Å²) in [4.78, 5) is 16.9. The van der Waals surface area contributed by atoms with Gasteiger partial charge in [0.2, 0.25) is 0 Å². The highest BCUT2D eigenvalue weighted by Crippen LogP contribution is 2.26. The molecule has 0 aliphatic carbocycles. The summed E-state index contributed by atoms with van der Waals surface area (Å²) in [5.74, 6) is -0.0336. The lowest BCUT2D eigenvalue weighted by atomic mass is 10.0. The van der Waals surface area contributed by atoms with E-state index in [2.05, 4.69) is 40.1 Å². The molecule has 4 nitrogen and oxygen atoms in total. The third-order valence-corrected chi connectivity index (χ3v) is 5.43. The number of carbonyl (C=O) groups is 1. The van der Waals surface area contributed by atoms with E-state index >= 15 is 0 Å². The topological polar surface area (TPSA) is 65.8 Å². The van der Waals surface area contributed by atoms with Crippen molar-refractivity contribution in [3.63, 3.8) is 0 Å². The molecule has 0 atom stereocenters. The lowest BCUT2D eigenvalue weighted by Gasteiger charge is -2.05. The Morgan fingerprint density at radius 2 is 1.86 bits per heavy atom. The number of hydrogen-bond donors (Lipinski definition) is 1. The Balaban J connectivity index is 1.74. The van der Waals surface area contributed by atoms with Crippen LogP contribution in [0.3, 0.4) is 0 Å². The first-order valence-electron chi connectivity index (χ1n) is 8.71. The Morgan fingerprint density at radius 3 is 2.46 bits per heavy atom. The summed E-state index contributed by atoms with van der Waals surface area (Å²) in [5.41, 5.74) is 3.80. The van der Waals surface area contributed by atoms with Crippen molar-refractivity contribution in [3.05, 3.63) is 75.1 Å². The maximum absolute atomic E-state index is 12.5. The number of amides is 1. The molecule has 0 unspecified atom stereocenters. The number of benzene rings is 2. The molecule has 140 valence electrons. The number of aromatic nitrogens is 1. The van der Waals surface area contributed by atoms with Crippen LogP contribution in [0.25, 0.3) is 17.3 Å². The van der Waals surface area contributed by atoms with Crippen molar-refractivity contribution in [2.75, 3.05) is 5.32 Å². The van der Waals surface area contributed by atoms with Crippen molar-refractivity contribution in [2.24, 2.45) is 0 Å². The van der Waals surface area contributed by atoms with Gasteiger partial charge in [0.1, 0.15) is 11.6 Å². The van der Waals surface area contributed by atoms with Crippen LogP contribution < -0.4 is 5.32 Å². The molecule has 2 aromatic carbocycles. The van der Waals surface area contributed by atoms with Gasteiger partial charge in [0.15, 0.2) is 5.13 Å². The zero-order valence-electron chi connectivity index (χ0n) is 15.4. The molecule has 0 radical (unpaired) electrons. The van der Waals surface area contributed by atoms with Crippen molar-refractivity contribution in [2.45, 2.75) is 19.8 Å². The number of halogens is 1. The predicted molar refractivity (Wildman–Crippen MR) is 118 cm³/mol. The van der Waals surface area contributed by atoms with Gasteiger partial charge >= 0.3 is 0 Å². The van der Waals surface area contributed by atoms with Gasteiger partial charge in [-0.2, -0.15) is 5.26 Å². The van der Waals surface area contributed by atoms with E-state index in [0.29, 0.717) is 11.0 Å². The van der Waals surface area contributed by atoms with Gasteiger partial charge in [-0.25, -0.2) is 4.98 Å². The first-order valence-corrected chi connectivity index (χ1v) is 10.4. The van der Waals surface area contributed by atoms with Crippen LogP contribution in [0.2, 0.25) is 0 Å². The Morgan fingerprint density at radius 1 is 1.18 bits per heavy atom. The quantitative estimate of drug-likeness (QED) is 0.368. The molecule has 0 spiro atoms. The fourth-order valence-corrected chi connectivity index (χ4v) is 3.52. The maximum Gasteiger partial charge on any atom is 0.268 e. The molecule has 3 rings (SSSR count). The lowest BCUT2D eigenvalue weighted by molar-refractivity contribution is -0.112. The fourth-order valence-electron chi connectivity index (χ4n) is 2.54. The SMILES string of the molecule is CC(C)c1ccc(C=C(C#N)C(=O)Nc2nc(-c3ccc(Br)cc3)cs2)cc1. The molecule has 1 heterocycles. The number of nitriles is 1. The van der Waals surface area contributed by atoms with E-state index in [1.54, 1.807) is 6.08 Å². The Hall–Kier alpha value is -2.75. The minimum atomic E-state index is -0.466. The molecule has 0 saturated carbocycles. The maximum atomic E-state index is 12.5. The third-order valence-electron chi connectivity index (χ3n) is 4.14. The van der Waals surface area contributed by atoms with Crippen LogP contribution in [-0.4, -0.2) is 10.9 Å². The molecule has 28 heavy (non-hydrogen) atoms. The number of nitrogens with zero attached hydrogens (tertiary/aromatic N) is 2. The van der Waals surface area contributed by atoms with Gasteiger partial charge in [0, 0.05) is 15.4 Å². The normalized spacial score (nSPS) is 11.3. The van der Waals surface area contributed by atoms with Gasteiger partial charge in [-0.3, -0.25) is 10.1 Å². The van der Waals surface area contributed by atoms with Crippen molar-refractivity contribution in [3.8, 4) is 17.3 Å². The number of anilines is 1. The number of hydrogen-bond acceptors (Lipinski definition) is 4. The number of nitrogens with one attached hydrogen (secondary N) is 1. The van der Waals surface area contributed by atoms with E-state index in [1.807, 2.05) is 60.0 Å². The highest BCUT2D eigenvalue weighted by molar-refractivity contribution is 9.10. The van der Waals surface area contributed by atoms with E-state index in [0.717, 1.165) is 21.3 Å². The van der Waals surface area contributed by atoms with Gasteiger partial charge in [-0.15, -0.1) is 11.3 Å². The average molecular weight is 452 g/mol. The van der Waals surface area contributed by atoms with E-state index in [-0.39, 0.29) is 5.57 Å². The minimum absolute atomic E-state index is 0.0395. The van der Waals surface area contributed by atoms with E-state index < -0.39 is 5.91 Å². The lowest BCUT2D eigenvalue weighted by Crippen LogP contribution is -2.13. The summed E-state index contributed by atoms with van der Waals surface area (Å²) >= 11 is 4.73. The van der Waals surface area contributed by atoms with Crippen LogP contribution in [0.15, 0.2) is 64.0 Å². The van der Waals surface area contributed by atoms with Crippen LogP contribution >= 0.6 is 27.3 Å². The second-order valence-corrected chi connectivity index (χ2v) is 8.26. The zero-order chi connectivity index (χ0) is 20.1. The molecule has 1 aromatic heterocycles. The molecule has 0 aliphatic heterocycles. The second-order valence-electron chi connectivity index (χ2n) is 6.49. The molecule has 0 aliphatic rings. The van der Waals surface area contributed by atoms with Crippen molar-refractivity contribution < 1.29 is 4.79 Å². The van der Waals surface area contributed by atoms with Crippen LogP contribution in [0.4, 0.5) is 5.13 Å². The molecular formula is C22H18BrN3OS. The minimum Gasteiger partial charge on any atom is -0.297 e. The summed E-state index contributed by atoms with van der Waals surface area (Å²) < 4.78 is 0.991. The molecular weight excluding hydrogens is 434 g/mol. The monoisotopic (exact) mass is 451 g/mol. The average Bonchev–Trinajstić information content (AvgIpc) is 3.15. The summed E-state index contributed by atoms with van der Waals surface area (Å²) in [6.45, 7) is 4.24. The van der Waals surface area contributed by atoms with Crippen LogP contribution in [0.5, 0.6) is 0 Å². The Labute approximate surface area is 176 Å². The van der Waals surface area contributed by atoms with Crippen molar-refractivity contribution >= 4 is 44.4 Å². The van der Waals surface area contributed by atoms with Crippen LogP contribution in [0, 0.1) is 11.3 Å². The zero-order valence-corrected chi connectivity index (χ0v) is 17.8. The van der Waals surface area contributed by atoms with Gasteiger partial charge in [-0.1, -0.05) is 66.2 Å². The molecule has 0 saturated heterocycles. The fraction of sp³-hybridized carbons (Fsp3) is 0.136. The molecule has 1 N–H and O–H groups in total. The number of thiazole rings is 1. The van der Waals surface area contributed by atoms with E-state index in [1.165, 1.54) is 16.9 Å². The summed E-state index contributed by atoms with van der Waals surface area (Å²) in [6, 6.07) is 17.6. The Kier molecular flexibility index (Phi) is 6.40. The van der Waals surface area contributed by atoms with Crippen molar-refractivity contribution in [1.82, 2.24) is 4.98 Å². The summed E-state index contributed by atoms with van der Waals surface area (Å²) in [6.07, 6.45) is 1.59. The van der Waals surface area contributed by atoms with Crippen molar-refractivity contribution in [1.29, 1.82) is 5.26 Å². The van der Waals surface area contributed by atoms with Gasteiger partial charge in [0.05, 0.1) is 5.69 Å². The molecule has 0 fully saturated rings. The van der Waals surface area contributed by atoms with Crippen LogP contribution in [0.1, 0.15) is 30.9 Å². The predicted octanol–water partition coefficient (Wildman–Crippen LogP) is 6.24. The summed E-state index contributed by atoms with van der Waals surface area (Å²) in [7, 11) is 0. The van der Waals surface area contributed by atoms with Gasteiger partial charge in [-0.05, 0) is 35.3 Å². The highest BCUT2D eigenvalue weighted by Gasteiger charge is 2.13.